The third-order valence-electron chi connectivity index (χ3n) is 3.12. The fraction of sp³-hybridized carbons (Fsp3) is 0.438. The molecule has 0 radical (unpaired) electrons. The average Bonchev–Trinajstić information content (AvgIpc) is 2.85. The number of hydrogen-bond donors (Lipinski definition) is 1. The maximum absolute atomic E-state index is 13.2. The first-order chi connectivity index (χ1) is 10.0. The van der Waals surface area contributed by atoms with Crippen molar-refractivity contribution >= 4 is 22.9 Å². The molecule has 114 valence electrons. The predicted molar refractivity (Wildman–Crippen MR) is 88.4 cm³/mol. The van der Waals surface area contributed by atoms with E-state index >= 15 is 0 Å². The molecule has 1 N–H and O–H groups in total. The van der Waals surface area contributed by atoms with Crippen LogP contribution in [-0.2, 0) is 13.0 Å². The highest BCUT2D eigenvalue weighted by molar-refractivity contribution is 7.15. The second-order valence-corrected chi connectivity index (χ2v) is 6.89. The molecule has 0 atom stereocenters. The van der Waals surface area contributed by atoms with Crippen LogP contribution in [0.25, 0.3) is 10.6 Å². The molecule has 1 heterocycles. The van der Waals surface area contributed by atoms with Crippen LogP contribution in [0.1, 0.15) is 31.3 Å². The summed E-state index contributed by atoms with van der Waals surface area (Å²) < 4.78 is 13.2. The van der Waals surface area contributed by atoms with Crippen molar-refractivity contribution in [1.82, 2.24) is 10.3 Å². The number of nitrogens with zero attached hydrogens (tertiary/aromatic N) is 1. The quantitative estimate of drug-likeness (QED) is 0.815. The lowest BCUT2D eigenvalue weighted by molar-refractivity contribution is 0.553. The van der Waals surface area contributed by atoms with Crippen molar-refractivity contribution in [3.8, 4) is 10.6 Å². The van der Waals surface area contributed by atoms with Crippen molar-refractivity contribution in [2.24, 2.45) is 5.92 Å². The Morgan fingerprint density at radius 2 is 2.14 bits per heavy atom. The second kappa shape index (κ2) is 7.34. The van der Waals surface area contributed by atoms with Crippen LogP contribution in [0, 0.1) is 11.7 Å². The minimum absolute atomic E-state index is 0.139. The van der Waals surface area contributed by atoms with Crippen LogP contribution in [0.4, 0.5) is 4.39 Å². The van der Waals surface area contributed by atoms with Crippen LogP contribution in [-0.4, -0.2) is 11.5 Å². The number of aromatic nitrogens is 1. The highest BCUT2D eigenvalue weighted by Crippen LogP contribution is 2.31. The minimum atomic E-state index is -0.397. The van der Waals surface area contributed by atoms with E-state index in [4.69, 9.17) is 11.6 Å². The molecule has 0 bridgehead atoms. The first kappa shape index (κ1) is 16.4. The Morgan fingerprint density at radius 3 is 2.76 bits per heavy atom. The zero-order valence-electron chi connectivity index (χ0n) is 12.5. The average molecular weight is 327 g/mol. The van der Waals surface area contributed by atoms with Gasteiger partial charge < -0.3 is 5.32 Å². The van der Waals surface area contributed by atoms with Gasteiger partial charge in [0.1, 0.15) is 10.8 Å². The zero-order chi connectivity index (χ0) is 15.4. The van der Waals surface area contributed by atoms with Gasteiger partial charge in [-0.25, -0.2) is 9.37 Å². The number of benzene rings is 1. The molecule has 21 heavy (non-hydrogen) atoms. The Bertz CT molecular complexity index is 610. The summed E-state index contributed by atoms with van der Waals surface area (Å²) in [6.07, 6.45) is 0.893. The van der Waals surface area contributed by atoms with E-state index in [9.17, 15) is 4.39 Å². The van der Waals surface area contributed by atoms with Gasteiger partial charge in [0.15, 0.2) is 0 Å². The predicted octanol–water partition coefficient (Wildman–Crippen LogP) is 4.91. The Hall–Kier alpha value is -0.970. The molecule has 0 spiro atoms. The van der Waals surface area contributed by atoms with E-state index in [1.165, 1.54) is 10.9 Å². The summed E-state index contributed by atoms with van der Waals surface area (Å²) in [6, 6.07) is 4.76. The van der Waals surface area contributed by atoms with Gasteiger partial charge in [0.2, 0.25) is 0 Å². The van der Waals surface area contributed by atoms with E-state index < -0.39 is 5.82 Å². The molecule has 0 aliphatic heterocycles. The first-order valence-corrected chi connectivity index (χ1v) is 8.35. The van der Waals surface area contributed by atoms with Crippen molar-refractivity contribution in [2.45, 2.75) is 33.7 Å². The SMILES string of the molecule is CCc1nc(-c2ccc(F)c(Cl)c2)sc1CNCC(C)C. The lowest BCUT2D eigenvalue weighted by Gasteiger charge is -2.06. The molecule has 0 unspecified atom stereocenters. The summed E-state index contributed by atoms with van der Waals surface area (Å²) in [5.41, 5.74) is 1.97. The zero-order valence-corrected chi connectivity index (χ0v) is 14.1. The fourth-order valence-electron chi connectivity index (χ4n) is 2.02. The van der Waals surface area contributed by atoms with Crippen LogP contribution in [0.15, 0.2) is 18.2 Å². The summed E-state index contributed by atoms with van der Waals surface area (Å²) in [4.78, 5) is 5.91. The molecule has 2 rings (SSSR count). The number of hydrogen-bond acceptors (Lipinski definition) is 3. The molecule has 1 aromatic carbocycles. The fourth-order valence-corrected chi connectivity index (χ4v) is 3.32. The second-order valence-electron chi connectivity index (χ2n) is 5.40. The Kier molecular flexibility index (Phi) is 5.73. The summed E-state index contributed by atoms with van der Waals surface area (Å²) in [5, 5.41) is 4.48. The minimum Gasteiger partial charge on any atom is -0.312 e. The summed E-state index contributed by atoms with van der Waals surface area (Å²) >= 11 is 7.50. The number of nitrogens with one attached hydrogen (secondary N) is 1. The summed E-state index contributed by atoms with van der Waals surface area (Å²) in [5.74, 6) is 0.227. The van der Waals surface area contributed by atoms with Gasteiger partial charge >= 0.3 is 0 Å². The van der Waals surface area contributed by atoms with Gasteiger partial charge in [0.25, 0.3) is 0 Å². The largest absolute Gasteiger partial charge is 0.312 e. The maximum atomic E-state index is 13.2. The highest BCUT2D eigenvalue weighted by atomic mass is 35.5. The van der Waals surface area contributed by atoms with Crippen LogP contribution >= 0.6 is 22.9 Å². The first-order valence-electron chi connectivity index (χ1n) is 7.16. The highest BCUT2D eigenvalue weighted by Gasteiger charge is 2.12. The Labute approximate surface area is 134 Å². The van der Waals surface area contributed by atoms with Crippen molar-refractivity contribution in [3.63, 3.8) is 0 Å². The molecule has 2 aromatic rings. The molecule has 0 aliphatic carbocycles. The van der Waals surface area contributed by atoms with Crippen molar-refractivity contribution < 1.29 is 4.39 Å². The maximum Gasteiger partial charge on any atom is 0.141 e. The molecule has 0 saturated carbocycles. The lowest BCUT2D eigenvalue weighted by Crippen LogP contribution is -2.18. The summed E-state index contributed by atoms with van der Waals surface area (Å²) in [6.45, 7) is 8.29. The van der Waals surface area contributed by atoms with Gasteiger partial charge in [0.05, 0.1) is 10.7 Å². The smallest absolute Gasteiger partial charge is 0.141 e. The van der Waals surface area contributed by atoms with Crippen LogP contribution in [0.3, 0.4) is 0 Å². The topological polar surface area (TPSA) is 24.9 Å². The van der Waals surface area contributed by atoms with Gasteiger partial charge in [-0.3, -0.25) is 0 Å². The van der Waals surface area contributed by atoms with Gasteiger partial charge in [-0.2, -0.15) is 0 Å². The van der Waals surface area contributed by atoms with Gasteiger partial charge in [-0.05, 0) is 37.1 Å². The van der Waals surface area contributed by atoms with E-state index in [0.717, 1.165) is 35.8 Å². The molecule has 5 heteroatoms. The van der Waals surface area contributed by atoms with Crippen LogP contribution in [0.2, 0.25) is 5.02 Å². The van der Waals surface area contributed by atoms with E-state index in [2.05, 4.69) is 31.1 Å². The van der Waals surface area contributed by atoms with E-state index in [0.29, 0.717) is 5.92 Å². The van der Waals surface area contributed by atoms with Crippen LogP contribution in [0.5, 0.6) is 0 Å². The van der Waals surface area contributed by atoms with E-state index in [1.54, 1.807) is 23.5 Å². The van der Waals surface area contributed by atoms with Crippen molar-refractivity contribution in [1.29, 1.82) is 0 Å². The van der Waals surface area contributed by atoms with Crippen LogP contribution < -0.4 is 5.32 Å². The van der Waals surface area contributed by atoms with Gasteiger partial charge in [0, 0.05) is 17.0 Å². The Balaban J connectivity index is 2.21. The Morgan fingerprint density at radius 1 is 1.38 bits per heavy atom. The monoisotopic (exact) mass is 326 g/mol. The number of rotatable bonds is 6. The van der Waals surface area contributed by atoms with Crippen molar-refractivity contribution in [3.05, 3.63) is 39.6 Å². The lowest BCUT2D eigenvalue weighted by atomic mass is 10.2. The third-order valence-corrected chi connectivity index (χ3v) is 4.55. The molecule has 0 fully saturated rings. The normalized spacial score (nSPS) is 11.3. The van der Waals surface area contributed by atoms with Crippen molar-refractivity contribution in [2.75, 3.05) is 6.54 Å². The third kappa shape index (κ3) is 4.25. The number of aryl methyl sites for hydroxylation is 1. The molecule has 0 aliphatic rings. The molecule has 2 nitrogen and oxygen atoms in total. The molecule has 1 aromatic heterocycles. The van der Waals surface area contributed by atoms with E-state index in [-0.39, 0.29) is 5.02 Å². The number of thiazole rings is 1. The standard InChI is InChI=1S/C16H20ClFN2S/c1-4-14-15(9-19-8-10(2)3)21-16(20-14)11-5-6-13(18)12(17)7-11/h5-7,10,19H,4,8-9H2,1-3H3. The molecular weight excluding hydrogens is 307 g/mol. The molecule has 0 saturated heterocycles. The molecular formula is C16H20ClFN2S. The summed E-state index contributed by atoms with van der Waals surface area (Å²) in [7, 11) is 0. The van der Waals surface area contributed by atoms with Gasteiger partial charge in [-0.1, -0.05) is 32.4 Å². The van der Waals surface area contributed by atoms with Gasteiger partial charge in [-0.15, -0.1) is 11.3 Å². The van der Waals surface area contributed by atoms with E-state index in [1.807, 2.05) is 0 Å². The molecule has 0 amide bonds. The number of halogens is 2.